The van der Waals surface area contributed by atoms with Gasteiger partial charge in [-0.15, -0.1) is 0 Å². The standard InChI is InChI=1S/C22H22F3N3O/c1-13-19(15(3)28(26-13)18-8-6-17(23)7-9-18)12-22(29)27(4)14(2)16-5-10-20(24)21(25)11-16/h5-11,14H,12H2,1-4H3/t14-/m0/s1. The van der Waals surface area contributed by atoms with E-state index < -0.39 is 17.7 Å². The molecule has 4 nitrogen and oxygen atoms in total. The Balaban J connectivity index is 1.81. The lowest BCUT2D eigenvalue weighted by Crippen LogP contribution is -2.31. The monoisotopic (exact) mass is 401 g/mol. The number of rotatable bonds is 5. The van der Waals surface area contributed by atoms with Gasteiger partial charge >= 0.3 is 0 Å². The van der Waals surface area contributed by atoms with E-state index in [9.17, 15) is 18.0 Å². The van der Waals surface area contributed by atoms with Crippen molar-refractivity contribution in [3.05, 3.63) is 82.4 Å². The first-order valence-corrected chi connectivity index (χ1v) is 9.20. The van der Waals surface area contributed by atoms with E-state index in [1.54, 1.807) is 30.8 Å². The van der Waals surface area contributed by atoms with Crippen molar-refractivity contribution >= 4 is 5.91 Å². The second-order valence-corrected chi connectivity index (χ2v) is 7.07. The van der Waals surface area contributed by atoms with Crippen LogP contribution in [0.1, 0.15) is 35.5 Å². The molecule has 1 heterocycles. The number of amides is 1. The van der Waals surface area contributed by atoms with Gasteiger partial charge in [0.05, 0.1) is 23.8 Å². The molecule has 0 fully saturated rings. The number of likely N-dealkylation sites (N-methyl/N-ethyl adjacent to an activating group) is 1. The maximum absolute atomic E-state index is 13.5. The van der Waals surface area contributed by atoms with Gasteiger partial charge in [0.2, 0.25) is 5.91 Å². The Morgan fingerprint density at radius 2 is 1.72 bits per heavy atom. The van der Waals surface area contributed by atoms with Crippen LogP contribution in [0.2, 0.25) is 0 Å². The zero-order chi connectivity index (χ0) is 21.3. The van der Waals surface area contributed by atoms with E-state index >= 15 is 0 Å². The normalized spacial score (nSPS) is 12.1. The largest absolute Gasteiger partial charge is 0.339 e. The fourth-order valence-corrected chi connectivity index (χ4v) is 3.25. The topological polar surface area (TPSA) is 38.1 Å². The van der Waals surface area contributed by atoms with E-state index in [2.05, 4.69) is 5.10 Å². The number of nitrogens with zero attached hydrogens (tertiary/aromatic N) is 3. The van der Waals surface area contributed by atoms with Crippen molar-refractivity contribution in [3.63, 3.8) is 0 Å². The quantitative estimate of drug-likeness (QED) is 0.623. The molecule has 3 rings (SSSR count). The minimum absolute atomic E-state index is 0.114. The SMILES string of the molecule is Cc1nn(-c2ccc(F)cc2)c(C)c1CC(=O)N(C)[C@@H](C)c1ccc(F)c(F)c1. The highest BCUT2D eigenvalue weighted by Crippen LogP contribution is 2.24. The van der Waals surface area contributed by atoms with Gasteiger partial charge in [0.15, 0.2) is 11.6 Å². The summed E-state index contributed by atoms with van der Waals surface area (Å²) in [6.07, 6.45) is 0.114. The minimum Gasteiger partial charge on any atom is -0.339 e. The number of carbonyl (C=O) groups is 1. The molecule has 2 aromatic carbocycles. The molecule has 0 N–H and O–H groups in total. The van der Waals surface area contributed by atoms with E-state index in [4.69, 9.17) is 0 Å². The first-order chi connectivity index (χ1) is 13.7. The highest BCUT2D eigenvalue weighted by atomic mass is 19.2. The summed E-state index contributed by atoms with van der Waals surface area (Å²) >= 11 is 0. The fourth-order valence-electron chi connectivity index (χ4n) is 3.25. The van der Waals surface area contributed by atoms with E-state index in [1.165, 1.54) is 23.1 Å². The molecular formula is C22H22F3N3O. The van der Waals surface area contributed by atoms with Gasteiger partial charge in [-0.2, -0.15) is 5.10 Å². The van der Waals surface area contributed by atoms with Crippen LogP contribution < -0.4 is 0 Å². The number of aryl methyl sites for hydroxylation is 1. The van der Waals surface area contributed by atoms with Crippen LogP contribution in [0.25, 0.3) is 5.69 Å². The van der Waals surface area contributed by atoms with Crippen LogP contribution >= 0.6 is 0 Å². The molecule has 29 heavy (non-hydrogen) atoms. The van der Waals surface area contributed by atoms with Gasteiger partial charge in [0.1, 0.15) is 5.82 Å². The summed E-state index contributed by atoms with van der Waals surface area (Å²) in [5, 5.41) is 4.48. The predicted octanol–water partition coefficient (Wildman–Crippen LogP) is 4.67. The molecule has 0 spiro atoms. The van der Waals surface area contributed by atoms with E-state index in [-0.39, 0.29) is 18.1 Å². The number of carbonyl (C=O) groups excluding carboxylic acids is 1. The van der Waals surface area contributed by atoms with Crippen molar-refractivity contribution in [3.8, 4) is 5.69 Å². The summed E-state index contributed by atoms with van der Waals surface area (Å²) in [5.74, 6) is -2.37. The van der Waals surface area contributed by atoms with Crippen molar-refractivity contribution in [1.29, 1.82) is 0 Å². The first-order valence-electron chi connectivity index (χ1n) is 9.20. The van der Waals surface area contributed by atoms with Crippen molar-refractivity contribution in [2.24, 2.45) is 0 Å². The smallest absolute Gasteiger partial charge is 0.227 e. The van der Waals surface area contributed by atoms with Crippen LogP contribution in [-0.4, -0.2) is 27.6 Å². The molecule has 3 aromatic rings. The van der Waals surface area contributed by atoms with Crippen LogP contribution in [0, 0.1) is 31.3 Å². The zero-order valence-corrected chi connectivity index (χ0v) is 16.7. The Kier molecular flexibility index (Phi) is 5.77. The summed E-state index contributed by atoms with van der Waals surface area (Å²) in [4.78, 5) is 14.3. The average Bonchev–Trinajstić information content (AvgIpc) is 2.97. The Morgan fingerprint density at radius 3 is 2.34 bits per heavy atom. The molecule has 0 saturated carbocycles. The van der Waals surface area contributed by atoms with Gasteiger partial charge in [0.25, 0.3) is 0 Å². The highest BCUT2D eigenvalue weighted by Gasteiger charge is 2.22. The number of hydrogen-bond acceptors (Lipinski definition) is 2. The zero-order valence-electron chi connectivity index (χ0n) is 16.7. The van der Waals surface area contributed by atoms with Gasteiger partial charge < -0.3 is 4.90 Å². The van der Waals surface area contributed by atoms with Crippen molar-refractivity contribution < 1.29 is 18.0 Å². The lowest BCUT2D eigenvalue weighted by atomic mass is 10.0. The van der Waals surface area contributed by atoms with Gasteiger partial charge in [-0.3, -0.25) is 4.79 Å². The van der Waals surface area contributed by atoms with Crippen LogP contribution in [0.3, 0.4) is 0 Å². The van der Waals surface area contributed by atoms with Gasteiger partial charge in [-0.05, 0) is 62.7 Å². The Labute approximate surface area is 167 Å². The van der Waals surface area contributed by atoms with Crippen LogP contribution in [0.15, 0.2) is 42.5 Å². The number of aromatic nitrogens is 2. The molecule has 1 atom stereocenters. The molecule has 0 aliphatic heterocycles. The van der Waals surface area contributed by atoms with E-state index in [1.807, 2.05) is 13.8 Å². The molecule has 1 aromatic heterocycles. The summed E-state index contributed by atoms with van der Waals surface area (Å²) in [5.41, 5.74) is 3.48. The van der Waals surface area contributed by atoms with Gasteiger partial charge in [-0.1, -0.05) is 6.07 Å². The molecule has 0 bridgehead atoms. The molecular weight excluding hydrogens is 379 g/mol. The van der Waals surface area contributed by atoms with Crippen molar-refractivity contribution in [1.82, 2.24) is 14.7 Å². The second kappa shape index (κ2) is 8.11. The summed E-state index contributed by atoms with van der Waals surface area (Å²) in [6, 6.07) is 9.16. The second-order valence-electron chi connectivity index (χ2n) is 7.07. The molecule has 7 heteroatoms. The fraction of sp³-hybridized carbons (Fsp3) is 0.273. The van der Waals surface area contributed by atoms with E-state index in [0.29, 0.717) is 16.9 Å². The maximum Gasteiger partial charge on any atom is 0.227 e. The van der Waals surface area contributed by atoms with Crippen LogP contribution in [0.4, 0.5) is 13.2 Å². The van der Waals surface area contributed by atoms with Crippen molar-refractivity contribution in [2.45, 2.75) is 33.2 Å². The third kappa shape index (κ3) is 4.18. The maximum atomic E-state index is 13.5. The third-order valence-electron chi connectivity index (χ3n) is 5.24. The Bertz CT molecular complexity index is 1040. The van der Waals surface area contributed by atoms with Crippen LogP contribution in [0.5, 0.6) is 0 Å². The Hall–Kier alpha value is -3.09. The third-order valence-corrected chi connectivity index (χ3v) is 5.24. The molecule has 0 radical (unpaired) electrons. The predicted molar refractivity (Wildman–Crippen MR) is 104 cm³/mol. The molecule has 0 saturated heterocycles. The van der Waals surface area contributed by atoms with E-state index in [0.717, 1.165) is 23.4 Å². The number of benzene rings is 2. The molecule has 0 unspecified atom stereocenters. The minimum atomic E-state index is -0.942. The van der Waals surface area contributed by atoms with Gasteiger partial charge in [-0.25, -0.2) is 17.9 Å². The summed E-state index contributed by atoms with van der Waals surface area (Å²) in [7, 11) is 1.63. The Morgan fingerprint density at radius 1 is 1.07 bits per heavy atom. The van der Waals surface area contributed by atoms with Crippen molar-refractivity contribution in [2.75, 3.05) is 7.05 Å². The average molecular weight is 401 g/mol. The number of halogens is 3. The van der Waals surface area contributed by atoms with Gasteiger partial charge in [0, 0.05) is 18.3 Å². The summed E-state index contributed by atoms with van der Waals surface area (Å²) < 4.78 is 41.6. The molecule has 152 valence electrons. The molecule has 0 aliphatic rings. The van der Waals surface area contributed by atoms with Crippen LogP contribution in [-0.2, 0) is 11.2 Å². The highest BCUT2D eigenvalue weighted by molar-refractivity contribution is 5.79. The number of hydrogen-bond donors (Lipinski definition) is 0. The summed E-state index contributed by atoms with van der Waals surface area (Å²) in [6.45, 7) is 5.42. The first kappa shape index (κ1) is 20.6. The molecule has 1 amide bonds. The lowest BCUT2D eigenvalue weighted by Gasteiger charge is -2.25. The molecule has 0 aliphatic carbocycles. The lowest BCUT2D eigenvalue weighted by molar-refractivity contribution is -0.131.